The minimum Gasteiger partial charge on any atom is -0.462 e. The van der Waals surface area contributed by atoms with Crippen LogP contribution in [-0.4, -0.2) is 62.3 Å². The van der Waals surface area contributed by atoms with Gasteiger partial charge < -0.3 is 29.9 Å². The van der Waals surface area contributed by atoms with Gasteiger partial charge in [-0.3, -0.25) is 13.9 Å². The molecule has 1 unspecified atom stereocenters. The average molecular weight is 611 g/mol. The van der Waals surface area contributed by atoms with E-state index < -0.39 is 62.2 Å². The Kier molecular flexibility index (Phi) is 9.10. The van der Waals surface area contributed by atoms with Crippen molar-refractivity contribution < 1.29 is 38.1 Å². The molecular formula is C26H32ClN4O9P. The van der Waals surface area contributed by atoms with Crippen LogP contribution in [0, 0.1) is 0 Å². The third-order valence-electron chi connectivity index (χ3n) is 6.38. The van der Waals surface area contributed by atoms with Gasteiger partial charge in [0.1, 0.15) is 35.4 Å². The van der Waals surface area contributed by atoms with E-state index in [1.54, 1.807) is 38.1 Å². The molecule has 2 heterocycles. The zero-order valence-electron chi connectivity index (χ0n) is 22.8. The quantitative estimate of drug-likeness (QED) is 0.195. The van der Waals surface area contributed by atoms with Crippen LogP contribution in [-0.2, 0) is 23.4 Å². The number of aliphatic hydroxyl groups excluding tert-OH is 1. The molecule has 2 aromatic carbocycles. The number of nitrogens with two attached hydrogens (primary N) is 1. The van der Waals surface area contributed by atoms with Crippen LogP contribution in [0.5, 0.6) is 5.75 Å². The highest BCUT2D eigenvalue weighted by Crippen LogP contribution is 2.48. The molecule has 6 atom stereocenters. The highest BCUT2D eigenvalue weighted by Gasteiger charge is 2.54. The Hall–Kier alpha value is -3.03. The molecule has 222 valence electrons. The second-order valence-corrected chi connectivity index (χ2v) is 12.2. The molecule has 41 heavy (non-hydrogen) atoms. The lowest BCUT2D eigenvalue weighted by molar-refractivity contribution is -0.149. The Morgan fingerprint density at radius 2 is 1.95 bits per heavy atom. The van der Waals surface area contributed by atoms with Gasteiger partial charge in [-0.05, 0) is 39.1 Å². The van der Waals surface area contributed by atoms with E-state index in [1.807, 2.05) is 18.2 Å². The summed E-state index contributed by atoms with van der Waals surface area (Å²) in [6, 6.07) is 11.2. The maximum atomic E-state index is 14.1. The molecule has 0 bridgehead atoms. The highest BCUT2D eigenvalue weighted by atomic mass is 35.5. The first kappa shape index (κ1) is 30.9. The first-order chi connectivity index (χ1) is 19.2. The number of anilines is 1. The van der Waals surface area contributed by atoms with Crippen molar-refractivity contribution in [3.05, 3.63) is 64.2 Å². The number of nitrogen functional groups attached to an aromatic ring is 1. The van der Waals surface area contributed by atoms with Gasteiger partial charge in [0.2, 0.25) is 0 Å². The van der Waals surface area contributed by atoms with E-state index in [4.69, 9.17) is 35.9 Å². The number of aromatic nitrogens is 2. The molecule has 4 rings (SSSR count). The smallest absolute Gasteiger partial charge is 0.459 e. The number of nitrogens with one attached hydrogen (secondary N) is 1. The average Bonchev–Trinajstić information content (AvgIpc) is 3.13. The Morgan fingerprint density at radius 1 is 1.27 bits per heavy atom. The number of hydrogen-bond donors (Lipinski definition) is 4. The van der Waals surface area contributed by atoms with E-state index in [0.29, 0.717) is 5.39 Å². The lowest BCUT2D eigenvalue weighted by Crippen LogP contribution is -2.46. The van der Waals surface area contributed by atoms with Crippen LogP contribution in [0.3, 0.4) is 0 Å². The van der Waals surface area contributed by atoms with Crippen molar-refractivity contribution in [2.45, 2.75) is 63.9 Å². The summed E-state index contributed by atoms with van der Waals surface area (Å²) < 4.78 is 37.5. The van der Waals surface area contributed by atoms with Gasteiger partial charge >= 0.3 is 19.4 Å². The Labute approximate surface area is 240 Å². The molecule has 1 fully saturated rings. The Bertz CT molecular complexity index is 1530. The summed E-state index contributed by atoms with van der Waals surface area (Å²) in [5.74, 6) is -0.707. The number of fused-ring (bicyclic) bond motifs is 1. The van der Waals surface area contributed by atoms with Crippen LogP contribution in [0.15, 0.2) is 53.5 Å². The van der Waals surface area contributed by atoms with Crippen molar-refractivity contribution in [3.8, 4) is 5.75 Å². The standard InChI is InChI=1S/C26H32ClN4O9P/c1-14(2)38-23(33)15(3)30-41(36,40-19-11-7-9-16-8-5-6-10-17(16)19)37-13-20-21(32)26(4,35)24(39-20)31-12-18(27)22(28)29-25(31)34/h5-12,14-15,20-21,24,32,35H,13H2,1-4H3,(H,30,36)(H2,28,29,34)/t15-,20-,21-,24?,26-,41-/m1/s1. The fourth-order valence-corrected chi connectivity index (χ4v) is 5.96. The summed E-state index contributed by atoms with van der Waals surface area (Å²) in [6.07, 6.45) is -3.67. The highest BCUT2D eigenvalue weighted by molar-refractivity contribution is 7.52. The zero-order chi connectivity index (χ0) is 30.1. The zero-order valence-corrected chi connectivity index (χ0v) is 24.4. The van der Waals surface area contributed by atoms with Crippen LogP contribution in [0.2, 0.25) is 5.02 Å². The number of ether oxygens (including phenoxy) is 2. The fraction of sp³-hybridized carbons (Fsp3) is 0.423. The molecule has 0 radical (unpaired) electrons. The second-order valence-electron chi connectivity index (χ2n) is 10.1. The predicted molar refractivity (Wildman–Crippen MR) is 150 cm³/mol. The van der Waals surface area contributed by atoms with Gasteiger partial charge in [-0.15, -0.1) is 0 Å². The maximum Gasteiger partial charge on any atom is 0.459 e. The normalized spacial score (nSPS) is 24.7. The van der Waals surface area contributed by atoms with Gasteiger partial charge in [0.05, 0.1) is 17.7 Å². The topological polar surface area (TPSA) is 184 Å². The Morgan fingerprint density at radius 3 is 2.66 bits per heavy atom. The van der Waals surface area contributed by atoms with E-state index in [1.165, 1.54) is 13.8 Å². The minimum absolute atomic E-state index is 0.0716. The van der Waals surface area contributed by atoms with Crippen LogP contribution in [0.1, 0.15) is 33.9 Å². The lowest BCUT2D eigenvalue weighted by Gasteiger charge is -2.27. The van der Waals surface area contributed by atoms with E-state index in [2.05, 4.69) is 10.1 Å². The molecule has 15 heteroatoms. The third kappa shape index (κ3) is 6.73. The SMILES string of the molecule is CC(C)OC(=O)[C@@H](C)N[P@@](=O)(OC[C@H]1OC(n2cc(Cl)c(N)nc2=O)[C@](C)(O)[C@@H]1O)Oc1cccc2ccccc12. The molecule has 3 aromatic rings. The maximum absolute atomic E-state index is 14.1. The van der Waals surface area contributed by atoms with E-state index >= 15 is 0 Å². The molecule has 0 aliphatic carbocycles. The van der Waals surface area contributed by atoms with Gasteiger partial charge in [-0.1, -0.05) is 48.0 Å². The predicted octanol–water partition coefficient (Wildman–Crippen LogP) is 2.77. The summed E-state index contributed by atoms with van der Waals surface area (Å²) in [5, 5.41) is 25.9. The molecule has 0 saturated carbocycles. The number of carbonyl (C=O) groups is 1. The van der Waals surface area contributed by atoms with Gasteiger partial charge in [0.25, 0.3) is 0 Å². The van der Waals surface area contributed by atoms with Crippen molar-refractivity contribution in [1.29, 1.82) is 0 Å². The molecule has 1 aliphatic rings. The number of rotatable bonds is 10. The third-order valence-corrected chi connectivity index (χ3v) is 8.30. The number of carbonyl (C=O) groups excluding carboxylic acids is 1. The van der Waals surface area contributed by atoms with E-state index in [9.17, 15) is 24.4 Å². The van der Waals surface area contributed by atoms with Gasteiger partial charge in [0, 0.05) is 11.6 Å². The van der Waals surface area contributed by atoms with Crippen LogP contribution >= 0.6 is 19.3 Å². The monoisotopic (exact) mass is 610 g/mol. The summed E-state index contributed by atoms with van der Waals surface area (Å²) in [5.41, 5.74) is 2.67. The van der Waals surface area contributed by atoms with Crippen molar-refractivity contribution in [2.75, 3.05) is 12.3 Å². The van der Waals surface area contributed by atoms with Gasteiger partial charge in [0.15, 0.2) is 6.23 Å². The van der Waals surface area contributed by atoms with Gasteiger partial charge in [-0.2, -0.15) is 10.1 Å². The Balaban J connectivity index is 1.60. The van der Waals surface area contributed by atoms with Crippen LogP contribution in [0.4, 0.5) is 5.82 Å². The van der Waals surface area contributed by atoms with E-state index in [0.717, 1.165) is 16.2 Å². The number of hydrogen-bond acceptors (Lipinski definition) is 11. The molecular weight excluding hydrogens is 579 g/mol. The summed E-state index contributed by atoms with van der Waals surface area (Å²) in [4.78, 5) is 28.6. The molecule has 13 nitrogen and oxygen atoms in total. The van der Waals surface area contributed by atoms with Crippen molar-refractivity contribution in [2.24, 2.45) is 0 Å². The molecule has 1 aromatic heterocycles. The number of aliphatic hydroxyl groups is 2. The second kappa shape index (κ2) is 12.1. The number of esters is 1. The molecule has 0 amide bonds. The minimum atomic E-state index is -4.38. The summed E-state index contributed by atoms with van der Waals surface area (Å²) >= 11 is 6.00. The molecule has 5 N–H and O–H groups in total. The lowest BCUT2D eigenvalue weighted by atomic mass is 9.96. The molecule has 1 saturated heterocycles. The number of benzene rings is 2. The number of nitrogens with zero attached hydrogens (tertiary/aromatic N) is 2. The first-order valence-electron chi connectivity index (χ1n) is 12.7. The van der Waals surface area contributed by atoms with Crippen LogP contribution in [0.25, 0.3) is 10.8 Å². The van der Waals surface area contributed by atoms with Crippen molar-refractivity contribution >= 4 is 41.9 Å². The molecule has 0 spiro atoms. The largest absolute Gasteiger partial charge is 0.462 e. The summed E-state index contributed by atoms with van der Waals surface area (Å²) in [7, 11) is -4.38. The van der Waals surface area contributed by atoms with Crippen LogP contribution < -0.4 is 21.0 Å². The first-order valence-corrected chi connectivity index (χ1v) is 14.6. The fourth-order valence-electron chi connectivity index (χ4n) is 4.29. The summed E-state index contributed by atoms with van der Waals surface area (Å²) in [6.45, 7) is 5.43. The van der Waals surface area contributed by atoms with E-state index in [-0.39, 0.29) is 16.6 Å². The molecule has 1 aliphatic heterocycles. The van der Waals surface area contributed by atoms with Crippen molar-refractivity contribution in [1.82, 2.24) is 14.6 Å². The number of halogens is 1. The van der Waals surface area contributed by atoms with Crippen molar-refractivity contribution in [3.63, 3.8) is 0 Å². The van der Waals surface area contributed by atoms with Gasteiger partial charge in [-0.25, -0.2) is 9.36 Å².